The molecule has 0 aliphatic rings. The van der Waals surface area contributed by atoms with Gasteiger partial charge in [-0.1, -0.05) is 0 Å². The standard InChI is InChI=1S/C15H16BrNO2S/c1-9-6-11(15(18)19-3)4-5-14(9)17-8-12-7-13(16)10(2)20-12/h4-7,17H,8H2,1-3H3. The van der Waals surface area contributed by atoms with Gasteiger partial charge in [-0.25, -0.2) is 4.79 Å². The number of anilines is 1. The number of benzene rings is 1. The van der Waals surface area contributed by atoms with Crippen molar-refractivity contribution in [2.24, 2.45) is 0 Å². The van der Waals surface area contributed by atoms with Gasteiger partial charge >= 0.3 is 5.97 Å². The van der Waals surface area contributed by atoms with E-state index in [2.05, 4.69) is 34.2 Å². The SMILES string of the molecule is COC(=O)c1ccc(NCc2cc(Br)c(C)s2)c(C)c1. The summed E-state index contributed by atoms with van der Waals surface area (Å²) in [6, 6.07) is 7.66. The van der Waals surface area contributed by atoms with Gasteiger partial charge in [0.25, 0.3) is 0 Å². The molecule has 1 aromatic carbocycles. The van der Waals surface area contributed by atoms with E-state index in [0.717, 1.165) is 22.3 Å². The zero-order valence-corrected chi connectivity index (χ0v) is 14.0. The van der Waals surface area contributed by atoms with Crippen LogP contribution < -0.4 is 5.32 Å². The Morgan fingerprint density at radius 2 is 2.10 bits per heavy atom. The Labute approximate surface area is 131 Å². The lowest BCUT2D eigenvalue weighted by Gasteiger charge is -2.09. The second-order valence-electron chi connectivity index (χ2n) is 4.49. The molecule has 106 valence electrons. The van der Waals surface area contributed by atoms with Crippen molar-refractivity contribution >= 4 is 38.9 Å². The van der Waals surface area contributed by atoms with Crippen LogP contribution in [0.25, 0.3) is 0 Å². The van der Waals surface area contributed by atoms with Crippen LogP contribution in [0.5, 0.6) is 0 Å². The monoisotopic (exact) mass is 353 g/mol. The maximum absolute atomic E-state index is 11.5. The van der Waals surface area contributed by atoms with E-state index in [-0.39, 0.29) is 5.97 Å². The molecule has 0 saturated carbocycles. The molecule has 0 bridgehead atoms. The van der Waals surface area contributed by atoms with Gasteiger partial charge in [0.15, 0.2) is 0 Å². The zero-order chi connectivity index (χ0) is 14.7. The topological polar surface area (TPSA) is 38.3 Å². The summed E-state index contributed by atoms with van der Waals surface area (Å²) in [6.07, 6.45) is 0. The summed E-state index contributed by atoms with van der Waals surface area (Å²) in [5, 5.41) is 3.39. The van der Waals surface area contributed by atoms with E-state index in [1.165, 1.54) is 16.9 Å². The van der Waals surface area contributed by atoms with E-state index >= 15 is 0 Å². The van der Waals surface area contributed by atoms with Crippen LogP contribution in [0, 0.1) is 13.8 Å². The summed E-state index contributed by atoms with van der Waals surface area (Å²) in [5.41, 5.74) is 2.63. The molecule has 5 heteroatoms. The summed E-state index contributed by atoms with van der Waals surface area (Å²) in [6.45, 7) is 4.84. The first kappa shape index (κ1) is 15.1. The molecule has 1 N–H and O–H groups in total. The van der Waals surface area contributed by atoms with Gasteiger partial charge in [-0.05, 0) is 59.6 Å². The zero-order valence-electron chi connectivity index (χ0n) is 11.6. The summed E-state index contributed by atoms with van der Waals surface area (Å²) in [7, 11) is 1.39. The Morgan fingerprint density at radius 1 is 1.35 bits per heavy atom. The van der Waals surface area contributed by atoms with Crippen molar-refractivity contribution in [1.82, 2.24) is 0 Å². The number of hydrogen-bond donors (Lipinski definition) is 1. The van der Waals surface area contributed by atoms with Crippen molar-refractivity contribution in [3.8, 4) is 0 Å². The number of nitrogens with one attached hydrogen (secondary N) is 1. The first-order valence-electron chi connectivity index (χ1n) is 6.19. The summed E-state index contributed by atoms with van der Waals surface area (Å²) in [5.74, 6) is -0.308. The minimum absolute atomic E-state index is 0.308. The largest absolute Gasteiger partial charge is 0.465 e. The van der Waals surface area contributed by atoms with E-state index in [4.69, 9.17) is 4.74 Å². The molecule has 20 heavy (non-hydrogen) atoms. The van der Waals surface area contributed by atoms with Crippen molar-refractivity contribution < 1.29 is 9.53 Å². The number of halogens is 1. The van der Waals surface area contributed by atoms with Crippen LogP contribution >= 0.6 is 27.3 Å². The smallest absolute Gasteiger partial charge is 0.337 e. The van der Waals surface area contributed by atoms with Crippen LogP contribution in [-0.2, 0) is 11.3 Å². The number of esters is 1. The summed E-state index contributed by atoms with van der Waals surface area (Å²) < 4.78 is 5.86. The van der Waals surface area contributed by atoms with Crippen molar-refractivity contribution in [2.45, 2.75) is 20.4 Å². The lowest BCUT2D eigenvalue weighted by Crippen LogP contribution is -2.04. The number of hydrogen-bond acceptors (Lipinski definition) is 4. The van der Waals surface area contributed by atoms with Gasteiger partial charge in [-0.15, -0.1) is 11.3 Å². The van der Waals surface area contributed by atoms with Crippen LogP contribution in [0.15, 0.2) is 28.7 Å². The molecular weight excluding hydrogens is 338 g/mol. The Kier molecular flexibility index (Phi) is 4.83. The minimum Gasteiger partial charge on any atom is -0.465 e. The van der Waals surface area contributed by atoms with E-state index in [9.17, 15) is 4.79 Å². The Bertz CT molecular complexity index is 617. The van der Waals surface area contributed by atoms with Gasteiger partial charge in [0.1, 0.15) is 0 Å². The number of aryl methyl sites for hydroxylation is 2. The highest BCUT2D eigenvalue weighted by atomic mass is 79.9. The fourth-order valence-corrected chi connectivity index (χ4v) is 3.44. The normalized spacial score (nSPS) is 10.4. The van der Waals surface area contributed by atoms with Gasteiger partial charge < -0.3 is 10.1 Å². The maximum atomic E-state index is 11.5. The molecule has 2 rings (SSSR count). The first-order chi connectivity index (χ1) is 9.51. The van der Waals surface area contributed by atoms with Crippen LogP contribution in [0.4, 0.5) is 5.69 Å². The highest BCUT2D eigenvalue weighted by Crippen LogP contribution is 2.27. The molecule has 0 saturated heterocycles. The molecule has 0 spiro atoms. The fourth-order valence-electron chi connectivity index (χ4n) is 1.89. The van der Waals surface area contributed by atoms with E-state index in [0.29, 0.717) is 5.56 Å². The van der Waals surface area contributed by atoms with Crippen molar-refractivity contribution in [3.05, 3.63) is 49.6 Å². The molecule has 0 atom stereocenters. The van der Waals surface area contributed by atoms with Gasteiger partial charge in [0.2, 0.25) is 0 Å². The van der Waals surface area contributed by atoms with Gasteiger partial charge in [-0.3, -0.25) is 0 Å². The Balaban J connectivity index is 2.08. The molecule has 0 unspecified atom stereocenters. The number of carbonyl (C=O) groups is 1. The van der Waals surface area contributed by atoms with Crippen LogP contribution in [0.3, 0.4) is 0 Å². The fraction of sp³-hybridized carbons (Fsp3) is 0.267. The Morgan fingerprint density at radius 3 is 2.65 bits per heavy atom. The van der Waals surface area contributed by atoms with Crippen LogP contribution in [-0.4, -0.2) is 13.1 Å². The second kappa shape index (κ2) is 6.41. The highest BCUT2D eigenvalue weighted by molar-refractivity contribution is 9.10. The van der Waals surface area contributed by atoms with Crippen LogP contribution in [0.1, 0.15) is 25.7 Å². The molecule has 0 amide bonds. The molecule has 0 aliphatic carbocycles. The molecule has 1 aromatic heterocycles. The lowest BCUT2D eigenvalue weighted by molar-refractivity contribution is 0.0600. The summed E-state index contributed by atoms with van der Waals surface area (Å²) >= 11 is 5.29. The average molecular weight is 354 g/mol. The number of rotatable bonds is 4. The highest BCUT2D eigenvalue weighted by Gasteiger charge is 2.08. The molecule has 0 fully saturated rings. The third-order valence-corrected chi connectivity index (χ3v) is 5.15. The third-order valence-electron chi connectivity index (χ3n) is 3.01. The second-order valence-corrected chi connectivity index (χ2v) is 6.69. The van der Waals surface area contributed by atoms with Crippen molar-refractivity contribution in [2.75, 3.05) is 12.4 Å². The number of methoxy groups -OCH3 is 1. The molecule has 0 radical (unpaired) electrons. The molecule has 1 heterocycles. The van der Waals surface area contributed by atoms with Crippen molar-refractivity contribution in [3.63, 3.8) is 0 Å². The van der Waals surface area contributed by atoms with Crippen molar-refractivity contribution in [1.29, 1.82) is 0 Å². The molecule has 0 aliphatic heterocycles. The minimum atomic E-state index is -0.308. The van der Waals surface area contributed by atoms with Gasteiger partial charge in [-0.2, -0.15) is 0 Å². The lowest BCUT2D eigenvalue weighted by atomic mass is 10.1. The van der Waals surface area contributed by atoms with E-state index < -0.39 is 0 Å². The summed E-state index contributed by atoms with van der Waals surface area (Å²) in [4.78, 5) is 14.0. The average Bonchev–Trinajstić information content (AvgIpc) is 2.75. The molecule has 2 aromatic rings. The maximum Gasteiger partial charge on any atom is 0.337 e. The third kappa shape index (κ3) is 3.41. The number of ether oxygens (including phenoxy) is 1. The number of thiophene rings is 1. The van der Waals surface area contributed by atoms with E-state index in [1.807, 2.05) is 19.1 Å². The number of carbonyl (C=O) groups excluding carboxylic acids is 1. The first-order valence-corrected chi connectivity index (χ1v) is 7.80. The molecular formula is C15H16BrNO2S. The van der Waals surface area contributed by atoms with Gasteiger partial charge in [0.05, 0.1) is 12.7 Å². The predicted molar refractivity (Wildman–Crippen MR) is 86.6 cm³/mol. The quantitative estimate of drug-likeness (QED) is 0.820. The Hall–Kier alpha value is -1.33. The van der Waals surface area contributed by atoms with Gasteiger partial charge in [0, 0.05) is 26.5 Å². The molecule has 3 nitrogen and oxygen atoms in total. The predicted octanol–water partition coefficient (Wildman–Crippen LogP) is 4.53. The van der Waals surface area contributed by atoms with Crippen LogP contribution in [0.2, 0.25) is 0 Å². The van der Waals surface area contributed by atoms with E-state index in [1.54, 1.807) is 17.4 Å².